The first-order valence-corrected chi connectivity index (χ1v) is 5.17. The first-order valence-electron chi connectivity index (χ1n) is 3.93. The number of alkyl halides is 1. The molecule has 3 nitrogen and oxygen atoms in total. The summed E-state index contributed by atoms with van der Waals surface area (Å²) in [5.41, 5.74) is 0. The minimum absolute atomic E-state index is 0.202. The molecule has 0 bridgehead atoms. The molecule has 0 amide bonds. The normalized spacial score (nSPS) is 12.6. The number of carbonyl (C=O) groups excluding carboxylic acids is 1. The number of esters is 1. The molecule has 0 saturated carbocycles. The van der Waals surface area contributed by atoms with Gasteiger partial charge in [-0.1, -0.05) is 22.6 Å². The van der Waals surface area contributed by atoms with Crippen LogP contribution in [0.25, 0.3) is 0 Å². The quantitative estimate of drug-likeness (QED) is 0.323. The monoisotopic (exact) mass is 286 g/mol. The Bertz CT molecular complexity index is 127. The van der Waals surface area contributed by atoms with Crippen LogP contribution in [0, 0.1) is 0 Å². The average molecular weight is 286 g/mol. The van der Waals surface area contributed by atoms with E-state index in [1.54, 1.807) is 7.11 Å². The molecule has 4 heteroatoms. The van der Waals surface area contributed by atoms with E-state index in [2.05, 4.69) is 22.6 Å². The lowest BCUT2D eigenvalue weighted by molar-refractivity contribution is -0.141. The van der Waals surface area contributed by atoms with Crippen LogP contribution in [0.5, 0.6) is 0 Å². The van der Waals surface area contributed by atoms with E-state index in [1.165, 1.54) is 6.92 Å². The summed E-state index contributed by atoms with van der Waals surface area (Å²) in [6, 6.07) is 0. The standard InChI is InChI=1S/C8H15IO3/c1-7(10)12-5-3-4-8(9)6-11-2/h8H,3-6H2,1-2H3. The molecule has 0 heterocycles. The Morgan fingerprint density at radius 3 is 2.75 bits per heavy atom. The number of hydrogen-bond donors (Lipinski definition) is 0. The van der Waals surface area contributed by atoms with Crippen molar-refractivity contribution < 1.29 is 14.3 Å². The first-order chi connectivity index (χ1) is 5.66. The largest absolute Gasteiger partial charge is 0.466 e. The number of halogens is 1. The molecule has 0 aromatic carbocycles. The maximum absolute atomic E-state index is 10.4. The van der Waals surface area contributed by atoms with Crippen LogP contribution in [0.15, 0.2) is 0 Å². The zero-order valence-electron chi connectivity index (χ0n) is 7.51. The molecule has 12 heavy (non-hydrogen) atoms. The van der Waals surface area contributed by atoms with Gasteiger partial charge in [0.15, 0.2) is 0 Å². The van der Waals surface area contributed by atoms with Gasteiger partial charge in [-0.05, 0) is 12.8 Å². The average Bonchev–Trinajstić information content (AvgIpc) is 1.98. The van der Waals surface area contributed by atoms with Gasteiger partial charge < -0.3 is 9.47 Å². The van der Waals surface area contributed by atoms with Crippen molar-refractivity contribution in [3.05, 3.63) is 0 Å². The van der Waals surface area contributed by atoms with Gasteiger partial charge in [0.25, 0.3) is 0 Å². The highest BCUT2D eigenvalue weighted by molar-refractivity contribution is 14.1. The molecule has 1 atom stereocenters. The summed E-state index contributed by atoms with van der Waals surface area (Å²) in [7, 11) is 1.69. The van der Waals surface area contributed by atoms with E-state index < -0.39 is 0 Å². The summed E-state index contributed by atoms with van der Waals surface area (Å²) in [4.78, 5) is 10.4. The Kier molecular flexibility index (Phi) is 7.89. The lowest BCUT2D eigenvalue weighted by Crippen LogP contribution is -2.08. The van der Waals surface area contributed by atoms with Gasteiger partial charge in [0.05, 0.1) is 13.2 Å². The molecule has 0 saturated heterocycles. The predicted octanol–water partition coefficient (Wildman–Crippen LogP) is 1.78. The van der Waals surface area contributed by atoms with Crippen molar-refractivity contribution in [2.24, 2.45) is 0 Å². The van der Waals surface area contributed by atoms with Gasteiger partial charge in [0.1, 0.15) is 0 Å². The van der Waals surface area contributed by atoms with Crippen molar-refractivity contribution in [2.45, 2.75) is 23.7 Å². The summed E-state index contributed by atoms with van der Waals surface area (Å²) < 4.78 is 10.3. The summed E-state index contributed by atoms with van der Waals surface area (Å²) in [6.07, 6.45) is 1.94. The predicted molar refractivity (Wildman–Crippen MR) is 55.6 cm³/mol. The van der Waals surface area contributed by atoms with Crippen LogP contribution >= 0.6 is 22.6 Å². The van der Waals surface area contributed by atoms with Gasteiger partial charge in [-0.15, -0.1) is 0 Å². The summed E-state index contributed by atoms with van der Waals surface area (Å²) >= 11 is 2.33. The van der Waals surface area contributed by atoms with E-state index in [1.807, 2.05) is 0 Å². The molecule has 0 aromatic rings. The highest BCUT2D eigenvalue weighted by atomic mass is 127. The molecule has 0 aliphatic rings. The molecular formula is C8H15IO3. The Morgan fingerprint density at radius 1 is 1.58 bits per heavy atom. The Labute approximate surface area is 86.9 Å². The third-order valence-corrected chi connectivity index (χ3v) is 2.30. The summed E-state index contributed by atoms with van der Waals surface area (Å²) in [5, 5.41) is 0. The lowest BCUT2D eigenvalue weighted by Gasteiger charge is -2.07. The smallest absolute Gasteiger partial charge is 0.302 e. The first kappa shape index (κ1) is 12.2. The maximum atomic E-state index is 10.4. The van der Waals surface area contributed by atoms with Crippen molar-refractivity contribution >= 4 is 28.6 Å². The molecule has 0 aliphatic heterocycles. The molecule has 0 spiro atoms. The highest BCUT2D eigenvalue weighted by Crippen LogP contribution is 2.08. The van der Waals surface area contributed by atoms with E-state index in [9.17, 15) is 4.79 Å². The Morgan fingerprint density at radius 2 is 2.25 bits per heavy atom. The van der Waals surface area contributed by atoms with Gasteiger partial charge in [0.2, 0.25) is 0 Å². The molecule has 0 rings (SSSR count). The van der Waals surface area contributed by atoms with Crippen LogP contribution in [-0.4, -0.2) is 30.2 Å². The van der Waals surface area contributed by atoms with Crippen molar-refractivity contribution in [3.63, 3.8) is 0 Å². The molecule has 0 aromatic heterocycles. The fourth-order valence-corrected chi connectivity index (χ4v) is 1.58. The van der Waals surface area contributed by atoms with Crippen LogP contribution in [0.4, 0.5) is 0 Å². The third kappa shape index (κ3) is 8.26. The number of methoxy groups -OCH3 is 1. The van der Waals surface area contributed by atoms with E-state index in [0.29, 0.717) is 10.5 Å². The Hall–Kier alpha value is 0.160. The van der Waals surface area contributed by atoms with E-state index in [-0.39, 0.29) is 5.97 Å². The highest BCUT2D eigenvalue weighted by Gasteiger charge is 2.02. The fourth-order valence-electron chi connectivity index (χ4n) is 0.785. The molecule has 72 valence electrons. The topological polar surface area (TPSA) is 35.5 Å². The number of ether oxygens (including phenoxy) is 2. The number of hydrogen-bond acceptors (Lipinski definition) is 3. The third-order valence-electron chi connectivity index (χ3n) is 1.31. The Balaban J connectivity index is 3.13. The second-order valence-electron chi connectivity index (χ2n) is 2.53. The van der Waals surface area contributed by atoms with Gasteiger partial charge >= 0.3 is 5.97 Å². The maximum Gasteiger partial charge on any atom is 0.302 e. The van der Waals surface area contributed by atoms with Crippen molar-refractivity contribution in [1.82, 2.24) is 0 Å². The zero-order valence-corrected chi connectivity index (χ0v) is 9.67. The summed E-state index contributed by atoms with van der Waals surface area (Å²) in [5.74, 6) is -0.202. The fraction of sp³-hybridized carbons (Fsp3) is 0.875. The van der Waals surface area contributed by atoms with Gasteiger partial charge in [0, 0.05) is 18.0 Å². The van der Waals surface area contributed by atoms with Crippen LogP contribution < -0.4 is 0 Å². The zero-order chi connectivity index (χ0) is 9.40. The van der Waals surface area contributed by atoms with Crippen LogP contribution in [0.3, 0.4) is 0 Å². The molecule has 0 fully saturated rings. The molecule has 0 radical (unpaired) electrons. The minimum atomic E-state index is -0.202. The number of rotatable bonds is 6. The second kappa shape index (κ2) is 7.79. The molecular weight excluding hydrogens is 271 g/mol. The number of carbonyl (C=O) groups is 1. The van der Waals surface area contributed by atoms with Crippen molar-refractivity contribution in [1.29, 1.82) is 0 Å². The van der Waals surface area contributed by atoms with E-state index in [0.717, 1.165) is 19.4 Å². The lowest BCUT2D eigenvalue weighted by atomic mass is 10.2. The van der Waals surface area contributed by atoms with Crippen LogP contribution in [0.1, 0.15) is 19.8 Å². The molecule has 1 unspecified atom stereocenters. The minimum Gasteiger partial charge on any atom is -0.466 e. The molecule has 0 N–H and O–H groups in total. The van der Waals surface area contributed by atoms with Gasteiger partial charge in [-0.25, -0.2) is 0 Å². The van der Waals surface area contributed by atoms with Gasteiger partial charge in [-0.3, -0.25) is 4.79 Å². The van der Waals surface area contributed by atoms with Crippen molar-refractivity contribution in [3.8, 4) is 0 Å². The van der Waals surface area contributed by atoms with Gasteiger partial charge in [-0.2, -0.15) is 0 Å². The van der Waals surface area contributed by atoms with E-state index >= 15 is 0 Å². The van der Waals surface area contributed by atoms with Crippen molar-refractivity contribution in [2.75, 3.05) is 20.3 Å². The van der Waals surface area contributed by atoms with Crippen LogP contribution in [0.2, 0.25) is 0 Å². The summed E-state index contributed by atoms with van der Waals surface area (Å²) in [6.45, 7) is 2.72. The van der Waals surface area contributed by atoms with E-state index in [4.69, 9.17) is 9.47 Å². The van der Waals surface area contributed by atoms with Crippen LogP contribution in [-0.2, 0) is 14.3 Å². The SMILES string of the molecule is COCC(I)CCCOC(C)=O. The molecule has 0 aliphatic carbocycles. The second-order valence-corrected chi connectivity index (χ2v) is 4.30.